The summed E-state index contributed by atoms with van der Waals surface area (Å²) in [5.41, 5.74) is 1.37. The monoisotopic (exact) mass is 662 g/mol. The first-order valence-electron chi connectivity index (χ1n) is 17.1. The molecule has 2 atom stereocenters. The maximum atomic E-state index is 11.4. The first kappa shape index (κ1) is 42.0. The Bertz CT molecular complexity index is 1120. The van der Waals surface area contributed by atoms with Gasteiger partial charge in [-0.1, -0.05) is 59.6 Å². The van der Waals surface area contributed by atoms with Crippen molar-refractivity contribution in [3.63, 3.8) is 0 Å². The summed E-state index contributed by atoms with van der Waals surface area (Å²) in [5.74, 6) is -2.12. The molecule has 266 valence electrons. The van der Waals surface area contributed by atoms with Crippen LogP contribution in [0.3, 0.4) is 0 Å². The molecule has 0 aliphatic rings. The molecule has 12 nitrogen and oxygen atoms in total. The lowest BCUT2D eigenvalue weighted by Crippen LogP contribution is -2.35. The zero-order valence-corrected chi connectivity index (χ0v) is 29.1. The second kappa shape index (κ2) is 26.0. The van der Waals surface area contributed by atoms with Crippen LogP contribution < -0.4 is 0 Å². The lowest BCUT2D eigenvalue weighted by atomic mass is 10.0. The molecule has 3 N–H and O–H groups in total. The van der Waals surface area contributed by atoms with Gasteiger partial charge >= 0.3 is 11.9 Å². The molecule has 2 aromatic heterocycles. The van der Waals surface area contributed by atoms with Crippen molar-refractivity contribution >= 4 is 11.9 Å². The number of ether oxygens (including phenoxy) is 3. The zero-order chi connectivity index (χ0) is 34.9. The van der Waals surface area contributed by atoms with Crippen LogP contribution in [0.5, 0.6) is 0 Å². The Morgan fingerprint density at radius 1 is 0.766 bits per heavy atom. The largest absolute Gasteiger partial charge is 0.477 e. The minimum absolute atomic E-state index is 0.00346. The minimum Gasteiger partial charge on any atom is -0.477 e. The predicted octanol–water partition coefficient (Wildman–Crippen LogP) is 5.17. The molecule has 2 rings (SSSR count). The Hall–Kier alpha value is -3.00. The fraction of sp³-hybridized carbons (Fsp3) is 0.657. The average Bonchev–Trinajstić information content (AvgIpc) is 3.08. The lowest BCUT2D eigenvalue weighted by Gasteiger charge is -2.31. The van der Waals surface area contributed by atoms with E-state index in [4.69, 9.17) is 14.2 Å². The van der Waals surface area contributed by atoms with Gasteiger partial charge in [0.05, 0.1) is 63.2 Å². The number of carboxylic acid groups (broad SMARTS) is 2. The minimum atomic E-state index is -1.07. The van der Waals surface area contributed by atoms with Gasteiger partial charge in [-0.2, -0.15) is 0 Å². The molecule has 0 aliphatic carbocycles. The summed E-state index contributed by atoms with van der Waals surface area (Å²) in [7, 11) is 0. The quantitative estimate of drug-likeness (QED) is 0.114. The predicted molar refractivity (Wildman–Crippen MR) is 182 cm³/mol. The van der Waals surface area contributed by atoms with E-state index < -0.39 is 11.9 Å². The summed E-state index contributed by atoms with van der Waals surface area (Å²) in [6, 6.07) is 9.89. The second-order valence-corrected chi connectivity index (χ2v) is 10.8. The fourth-order valence-corrected chi connectivity index (χ4v) is 5.06. The van der Waals surface area contributed by atoms with Crippen LogP contribution in [-0.4, -0.2) is 119 Å². The van der Waals surface area contributed by atoms with Crippen molar-refractivity contribution in [2.75, 3.05) is 65.8 Å². The number of aromatic nitrogens is 2. The third-order valence-electron chi connectivity index (χ3n) is 7.41. The molecule has 0 radical (unpaired) electrons. The van der Waals surface area contributed by atoms with Gasteiger partial charge in [-0.3, -0.25) is 9.80 Å². The van der Waals surface area contributed by atoms with Crippen molar-refractivity contribution < 1.29 is 39.1 Å². The molecule has 47 heavy (non-hydrogen) atoms. The molecular formula is C35H58N4O8. The Kier molecular flexibility index (Phi) is 23.3. The van der Waals surface area contributed by atoms with Crippen molar-refractivity contribution in [1.29, 1.82) is 0 Å². The van der Waals surface area contributed by atoms with Gasteiger partial charge in [0, 0.05) is 32.7 Å². The van der Waals surface area contributed by atoms with Crippen LogP contribution in [-0.2, 0) is 20.8 Å². The highest BCUT2D eigenvalue weighted by molar-refractivity contribution is 5.85. The number of hydrogen-bond donors (Lipinski definition) is 3. The third-order valence-corrected chi connectivity index (χ3v) is 7.41. The summed E-state index contributed by atoms with van der Waals surface area (Å²) >= 11 is 0. The fourth-order valence-electron chi connectivity index (χ4n) is 5.06. The van der Waals surface area contributed by atoms with Gasteiger partial charge in [0.1, 0.15) is 11.4 Å². The molecule has 2 aromatic rings. The number of hydrogen-bond acceptors (Lipinski definition) is 10. The Morgan fingerprint density at radius 2 is 1.36 bits per heavy atom. The van der Waals surface area contributed by atoms with Gasteiger partial charge in [-0.25, -0.2) is 19.6 Å². The third kappa shape index (κ3) is 17.1. The van der Waals surface area contributed by atoms with Gasteiger partial charge in [0.25, 0.3) is 0 Å². The van der Waals surface area contributed by atoms with E-state index in [2.05, 4.69) is 40.5 Å². The molecular weight excluding hydrogens is 604 g/mol. The van der Waals surface area contributed by atoms with E-state index in [0.717, 1.165) is 32.1 Å². The lowest BCUT2D eigenvalue weighted by molar-refractivity contribution is 0.00988. The first-order valence-corrected chi connectivity index (χ1v) is 17.1. The molecule has 0 amide bonds. The first-order chi connectivity index (χ1) is 22.8. The van der Waals surface area contributed by atoms with Gasteiger partial charge in [0.15, 0.2) is 0 Å². The molecule has 0 saturated heterocycles. The number of rotatable bonds is 26. The molecule has 0 bridgehead atoms. The highest BCUT2D eigenvalue weighted by atomic mass is 16.5. The number of pyridine rings is 2. The molecule has 12 heteroatoms. The molecule has 0 fully saturated rings. The molecule has 0 saturated carbocycles. The van der Waals surface area contributed by atoms with E-state index in [1.807, 2.05) is 26.0 Å². The number of carbonyl (C=O) groups is 2. The Labute approximate surface area is 281 Å². The van der Waals surface area contributed by atoms with E-state index in [1.54, 1.807) is 12.1 Å². The highest BCUT2D eigenvalue weighted by Crippen LogP contribution is 2.24. The van der Waals surface area contributed by atoms with E-state index >= 15 is 0 Å². The van der Waals surface area contributed by atoms with Crippen molar-refractivity contribution in [2.24, 2.45) is 0 Å². The summed E-state index contributed by atoms with van der Waals surface area (Å²) in [6.45, 7) is 15.3. The topological polar surface area (TPSA) is 155 Å². The second-order valence-electron chi connectivity index (χ2n) is 10.8. The van der Waals surface area contributed by atoms with Crippen LogP contribution in [0.2, 0.25) is 0 Å². The number of aliphatic hydroxyl groups is 1. The Morgan fingerprint density at radius 3 is 1.96 bits per heavy atom. The van der Waals surface area contributed by atoms with Crippen molar-refractivity contribution in [3.8, 4) is 0 Å². The SMILES string of the molecule is CC.CCCC(CC)OCCN(CCOCCOCCN(CCO)C(CCC)c1cccc(C(=O)O)n1)Cc1cccc(C(=O)O)n1. The normalized spacial score (nSPS) is 12.5. The van der Waals surface area contributed by atoms with Crippen LogP contribution in [0.1, 0.15) is 105 Å². The molecule has 2 unspecified atom stereocenters. The average molecular weight is 663 g/mol. The van der Waals surface area contributed by atoms with Crippen molar-refractivity contribution in [1.82, 2.24) is 19.8 Å². The summed E-state index contributed by atoms with van der Waals surface area (Å²) in [5, 5.41) is 28.3. The van der Waals surface area contributed by atoms with E-state index in [0.29, 0.717) is 77.1 Å². The highest BCUT2D eigenvalue weighted by Gasteiger charge is 2.22. The van der Waals surface area contributed by atoms with E-state index in [1.165, 1.54) is 12.1 Å². The summed E-state index contributed by atoms with van der Waals surface area (Å²) in [4.78, 5) is 35.6. The van der Waals surface area contributed by atoms with Crippen molar-refractivity contribution in [3.05, 3.63) is 59.2 Å². The number of nitrogens with zero attached hydrogens (tertiary/aromatic N) is 4. The van der Waals surface area contributed by atoms with Crippen LogP contribution in [0.25, 0.3) is 0 Å². The summed E-state index contributed by atoms with van der Waals surface area (Å²) in [6.07, 6.45) is 4.94. The molecule has 0 aliphatic heterocycles. The summed E-state index contributed by atoms with van der Waals surface area (Å²) < 4.78 is 17.8. The van der Waals surface area contributed by atoms with Crippen LogP contribution in [0.15, 0.2) is 36.4 Å². The van der Waals surface area contributed by atoms with Crippen LogP contribution in [0.4, 0.5) is 0 Å². The number of aromatic carboxylic acids is 2. The van der Waals surface area contributed by atoms with Crippen LogP contribution >= 0.6 is 0 Å². The molecule has 0 spiro atoms. The van der Waals surface area contributed by atoms with Crippen molar-refractivity contribution in [2.45, 2.75) is 85.4 Å². The number of aliphatic hydroxyl groups excluding tert-OH is 1. The van der Waals surface area contributed by atoms with Gasteiger partial charge in [0.2, 0.25) is 0 Å². The van der Waals surface area contributed by atoms with Gasteiger partial charge in [-0.15, -0.1) is 0 Å². The van der Waals surface area contributed by atoms with Crippen LogP contribution in [0, 0.1) is 0 Å². The molecule has 0 aromatic carbocycles. The Balaban J connectivity index is 0.00000541. The van der Waals surface area contributed by atoms with Gasteiger partial charge in [-0.05, 0) is 43.5 Å². The zero-order valence-electron chi connectivity index (χ0n) is 29.1. The van der Waals surface area contributed by atoms with Gasteiger partial charge < -0.3 is 29.5 Å². The van der Waals surface area contributed by atoms with E-state index in [-0.39, 0.29) is 30.1 Å². The number of carboxylic acids is 2. The smallest absolute Gasteiger partial charge is 0.354 e. The molecule has 2 heterocycles. The maximum Gasteiger partial charge on any atom is 0.354 e. The maximum absolute atomic E-state index is 11.4. The standard InChI is InChI=1S/C33H52N4O8.C2H6/c1-4-9-27(6-3)45-22-17-36(25-26-11-7-13-29(34-26)32(39)40)16-20-43-23-24-44-21-18-37(15-19-38)31(10-5-2)28-12-8-14-30(35-28)33(41)42;1-2/h7-8,11-14,27,31,38H,4-6,9-10,15-25H2,1-3H3,(H,39,40)(H,41,42);1-2H3. The van der Waals surface area contributed by atoms with E-state index in [9.17, 15) is 24.9 Å².